The van der Waals surface area contributed by atoms with Crippen molar-refractivity contribution in [2.24, 2.45) is 5.14 Å². The molecule has 0 aliphatic carbocycles. The Kier molecular flexibility index (Phi) is 4.18. The van der Waals surface area contributed by atoms with Gasteiger partial charge < -0.3 is 0 Å². The average Bonchev–Trinajstić information content (AvgIpc) is 2.80. The highest BCUT2D eigenvalue weighted by molar-refractivity contribution is 7.90. The van der Waals surface area contributed by atoms with Crippen LogP contribution in [0.2, 0.25) is 0 Å². The van der Waals surface area contributed by atoms with E-state index in [1.54, 1.807) is 0 Å². The van der Waals surface area contributed by atoms with E-state index in [1.807, 2.05) is 0 Å². The van der Waals surface area contributed by atoms with E-state index in [0.717, 1.165) is 12.8 Å². The Labute approximate surface area is 118 Å². The highest BCUT2D eigenvalue weighted by Gasteiger charge is 2.25. The van der Waals surface area contributed by atoms with Crippen LogP contribution in [0.5, 0.6) is 0 Å². The first kappa shape index (κ1) is 15.0. The zero-order valence-corrected chi connectivity index (χ0v) is 12.2. The second-order valence-corrected chi connectivity index (χ2v) is 7.41. The van der Waals surface area contributed by atoms with Crippen molar-refractivity contribution >= 4 is 31.8 Å². The first-order chi connectivity index (χ1) is 9.26. The van der Waals surface area contributed by atoms with Crippen molar-refractivity contribution < 1.29 is 16.8 Å². The van der Waals surface area contributed by atoms with Gasteiger partial charge in [0.15, 0.2) is 0 Å². The van der Waals surface area contributed by atoms with E-state index >= 15 is 0 Å². The zero-order chi connectivity index (χ0) is 14.8. The summed E-state index contributed by atoms with van der Waals surface area (Å²) in [4.78, 5) is 0. The lowest BCUT2D eigenvalue weighted by Gasteiger charge is -2.17. The van der Waals surface area contributed by atoms with Gasteiger partial charge >= 0.3 is 10.2 Å². The van der Waals surface area contributed by atoms with Gasteiger partial charge in [-0.05, 0) is 31.0 Å². The van der Waals surface area contributed by atoms with Crippen molar-refractivity contribution in [3.8, 4) is 0 Å². The van der Waals surface area contributed by atoms with Crippen LogP contribution in [0.15, 0.2) is 24.3 Å². The molecule has 1 aromatic rings. The molecule has 1 heterocycles. The Bertz CT molecular complexity index is 681. The number of nitrogens with zero attached hydrogens (tertiary/aromatic N) is 1. The summed E-state index contributed by atoms with van der Waals surface area (Å²) in [5, 5.41) is 4.86. The Hall–Kier alpha value is -1.36. The van der Waals surface area contributed by atoms with Crippen LogP contribution in [0.1, 0.15) is 12.8 Å². The van der Waals surface area contributed by atoms with Crippen molar-refractivity contribution in [3.63, 3.8) is 0 Å². The highest BCUT2D eigenvalue weighted by atomic mass is 32.2. The quantitative estimate of drug-likeness (QED) is 0.710. The third-order valence-corrected chi connectivity index (χ3v) is 4.83. The maximum absolute atomic E-state index is 12.1. The normalized spacial score (nSPS) is 17.1. The van der Waals surface area contributed by atoms with Crippen LogP contribution in [-0.2, 0) is 20.4 Å². The molecule has 1 aromatic carbocycles. The summed E-state index contributed by atoms with van der Waals surface area (Å²) in [6.45, 7) is 0.981. The predicted octanol–water partition coefficient (Wildman–Crippen LogP) is 0.0545. The summed E-state index contributed by atoms with van der Waals surface area (Å²) < 4.78 is 51.8. The first-order valence-electron chi connectivity index (χ1n) is 5.95. The molecule has 0 saturated carbocycles. The SMILES string of the molecule is NS(=O)(=O)Nc1cccc(NS(=O)(=O)N2CCCC2)c1. The minimum atomic E-state index is -3.89. The van der Waals surface area contributed by atoms with Crippen molar-refractivity contribution in [2.45, 2.75) is 12.8 Å². The molecule has 1 fully saturated rings. The molecule has 0 spiro atoms. The molecule has 1 aliphatic heterocycles. The predicted molar refractivity (Wildman–Crippen MR) is 76.5 cm³/mol. The molecule has 112 valence electrons. The summed E-state index contributed by atoms with van der Waals surface area (Å²) in [5.41, 5.74) is 0.458. The summed E-state index contributed by atoms with van der Waals surface area (Å²) in [6, 6.07) is 5.88. The van der Waals surface area contributed by atoms with E-state index in [2.05, 4.69) is 9.44 Å². The lowest BCUT2D eigenvalue weighted by molar-refractivity contribution is 0.482. The number of nitrogens with two attached hydrogens (primary N) is 1. The van der Waals surface area contributed by atoms with Gasteiger partial charge in [-0.1, -0.05) is 6.07 Å². The fraction of sp³-hybridized carbons (Fsp3) is 0.400. The summed E-state index contributed by atoms with van der Waals surface area (Å²) in [5.74, 6) is 0. The molecule has 2 rings (SSSR count). The molecular weight excluding hydrogens is 304 g/mol. The molecule has 0 atom stereocenters. The zero-order valence-electron chi connectivity index (χ0n) is 10.6. The molecule has 0 unspecified atom stereocenters. The van der Waals surface area contributed by atoms with Gasteiger partial charge in [0.25, 0.3) is 10.2 Å². The first-order valence-corrected chi connectivity index (χ1v) is 8.93. The van der Waals surface area contributed by atoms with Crippen LogP contribution in [-0.4, -0.2) is 34.2 Å². The molecule has 0 bridgehead atoms. The van der Waals surface area contributed by atoms with Gasteiger partial charge in [0, 0.05) is 13.1 Å². The Morgan fingerprint density at radius 1 is 1.00 bits per heavy atom. The summed E-state index contributed by atoms with van der Waals surface area (Å²) in [6.07, 6.45) is 1.68. The Morgan fingerprint density at radius 2 is 1.55 bits per heavy atom. The van der Waals surface area contributed by atoms with Crippen LogP contribution in [0.3, 0.4) is 0 Å². The van der Waals surface area contributed by atoms with Gasteiger partial charge in [-0.15, -0.1) is 0 Å². The molecule has 20 heavy (non-hydrogen) atoms. The second-order valence-electron chi connectivity index (χ2n) is 4.44. The summed E-state index contributed by atoms with van der Waals surface area (Å²) in [7, 11) is -7.49. The minimum Gasteiger partial charge on any atom is -0.271 e. The number of nitrogens with one attached hydrogen (secondary N) is 2. The molecule has 0 amide bonds. The van der Waals surface area contributed by atoms with Crippen LogP contribution < -0.4 is 14.6 Å². The van der Waals surface area contributed by atoms with Crippen LogP contribution in [0.25, 0.3) is 0 Å². The van der Waals surface area contributed by atoms with E-state index in [0.29, 0.717) is 13.1 Å². The smallest absolute Gasteiger partial charge is 0.271 e. The molecule has 1 saturated heterocycles. The van der Waals surface area contributed by atoms with Crippen LogP contribution in [0, 0.1) is 0 Å². The van der Waals surface area contributed by atoms with E-state index in [4.69, 9.17) is 5.14 Å². The van der Waals surface area contributed by atoms with Gasteiger partial charge in [-0.3, -0.25) is 9.44 Å². The number of rotatable bonds is 5. The van der Waals surface area contributed by atoms with Crippen LogP contribution in [0.4, 0.5) is 11.4 Å². The van der Waals surface area contributed by atoms with Crippen molar-refractivity contribution in [1.29, 1.82) is 0 Å². The molecule has 0 aromatic heterocycles. The third-order valence-electron chi connectivity index (χ3n) is 2.77. The molecule has 1 aliphatic rings. The average molecular weight is 320 g/mol. The fourth-order valence-corrected chi connectivity index (χ4v) is 3.70. The number of benzene rings is 1. The maximum Gasteiger partial charge on any atom is 0.301 e. The van der Waals surface area contributed by atoms with E-state index < -0.39 is 20.4 Å². The van der Waals surface area contributed by atoms with Gasteiger partial charge in [-0.2, -0.15) is 21.1 Å². The minimum absolute atomic E-state index is 0.189. The van der Waals surface area contributed by atoms with Gasteiger partial charge in [0.05, 0.1) is 11.4 Å². The number of hydrogen-bond acceptors (Lipinski definition) is 4. The van der Waals surface area contributed by atoms with E-state index in [1.165, 1.54) is 28.6 Å². The molecule has 4 N–H and O–H groups in total. The molecule has 8 nitrogen and oxygen atoms in total. The van der Waals surface area contributed by atoms with Crippen molar-refractivity contribution in [2.75, 3.05) is 22.5 Å². The largest absolute Gasteiger partial charge is 0.301 e. The van der Waals surface area contributed by atoms with Gasteiger partial charge in [0.1, 0.15) is 0 Å². The summed E-state index contributed by atoms with van der Waals surface area (Å²) >= 11 is 0. The Balaban J connectivity index is 2.15. The second kappa shape index (κ2) is 5.56. The molecule has 10 heteroatoms. The van der Waals surface area contributed by atoms with Gasteiger partial charge in [-0.25, -0.2) is 5.14 Å². The number of anilines is 2. The van der Waals surface area contributed by atoms with Crippen molar-refractivity contribution in [3.05, 3.63) is 24.3 Å². The lowest BCUT2D eigenvalue weighted by Crippen LogP contribution is -2.33. The van der Waals surface area contributed by atoms with Gasteiger partial charge in [0.2, 0.25) is 0 Å². The van der Waals surface area contributed by atoms with Crippen molar-refractivity contribution in [1.82, 2.24) is 4.31 Å². The monoisotopic (exact) mass is 320 g/mol. The van der Waals surface area contributed by atoms with E-state index in [-0.39, 0.29) is 11.4 Å². The number of hydrogen-bond donors (Lipinski definition) is 3. The molecular formula is C10H16N4O4S2. The Morgan fingerprint density at radius 3 is 2.10 bits per heavy atom. The molecule has 0 radical (unpaired) electrons. The topological polar surface area (TPSA) is 122 Å². The maximum atomic E-state index is 12.1. The van der Waals surface area contributed by atoms with Crippen LogP contribution >= 0.6 is 0 Å². The lowest BCUT2D eigenvalue weighted by atomic mass is 10.3. The standard InChI is InChI=1S/C10H16N4O4S2/c11-19(15,16)12-9-4-3-5-10(8-9)13-20(17,18)14-6-1-2-7-14/h3-5,8,12-13H,1-2,6-7H2,(H2,11,15,16). The highest BCUT2D eigenvalue weighted by Crippen LogP contribution is 2.19. The van der Waals surface area contributed by atoms with E-state index in [9.17, 15) is 16.8 Å². The fourth-order valence-electron chi connectivity index (χ4n) is 1.95. The third kappa shape index (κ3) is 4.07.